The van der Waals surface area contributed by atoms with Crippen LogP contribution in [0.5, 0.6) is 11.5 Å². The minimum Gasteiger partial charge on any atom is -0.457 e. The van der Waals surface area contributed by atoms with Crippen molar-refractivity contribution in [3.63, 3.8) is 0 Å². The van der Waals surface area contributed by atoms with E-state index in [9.17, 15) is 4.79 Å². The maximum atomic E-state index is 10.7. The molecule has 18 heavy (non-hydrogen) atoms. The van der Waals surface area contributed by atoms with E-state index >= 15 is 0 Å². The number of hydrogen-bond donors (Lipinski definition) is 2. The Morgan fingerprint density at radius 1 is 1.17 bits per heavy atom. The van der Waals surface area contributed by atoms with Crippen LogP contribution in [0.4, 0.5) is 10.5 Å². The largest absolute Gasteiger partial charge is 0.457 e. The summed E-state index contributed by atoms with van der Waals surface area (Å²) in [5.41, 5.74) is 6.63. The van der Waals surface area contributed by atoms with Crippen LogP contribution >= 0.6 is 0 Å². The highest BCUT2D eigenvalue weighted by atomic mass is 16.5. The van der Waals surface area contributed by atoms with Gasteiger partial charge in [0, 0.05) is 5.69 Å². The molecule has 0 radical (unpaired) electrons. The molecule has 2 aromatic carbocycles. The average molecular weight is 242 g/mol. The molecule has 0 bridgehead atoms. The molecule has 0 aromatic heterocycles. The van der Waals surface area contributed by atoms with Crippen molar-refractivity contribution in [2.75, 3.05) is 5.32 Å². The summed E-state index contributed by atoms with van der Waals surface area (Å²) in [6.07, 6.45) is 0. The molecular formula is C14H14N2O2. The number of para-hydroxylation sites is 1. The monoisotopic (exact) mass is 242 g/mol. The van der Waals surface area contributed by atoms with E-state index in [4.69, 9.17) is 10.5 Å². The van der Waals surface area contributed by atoms with E-state index in [1.165, 1.54) is 0 Å². The van der Waals surface area contributed by atoms with Crippen LogP contribution in [0, 0.1) is 6.92 Å². The molecule has 92 valence electrons. The number of ether oxygens (including phenoxy) is 1. The zero-order chi connectivity index (χ0) is 13.0. The lowest BCUT2D eigenvalue weighted by atomic mass is 10.2. The molecule has 0 atom stereocenters. The molecule has 0 aliphatic rings. The highest BCUT2D eigenvalue weighted by Gasteiger charge is 2.03. The van der Waals surface area contributed by atoms with Gasteiger partial charge >= 0.3 is 6.03 Å². The summed E-state index contributed by atoms with van der Waals surface area (Å²) in [4.78, 5) is 10.7. The average Bonchev–Trinajstić information content (AvgIpc) is 2.33. The highest BCUT2D eigenvalue weighted by Crippen LogP contribution is 2.26. The molecule has 0 aliphatic carbocycles. The molecular weight excluding hydrogens is 228 g/mol. The van der Waals surface area contributed by atoms with Crippen molar-refractivity contribution in [3.8, 4) is 11.5 Å². The van der Waals surface area contributed by atoms with Crippen molar-refractivity contribution in [1.82, 2.24) is 0 Å². The van der Waals surface area contributed by atoms with Crippen LogP contribution in [0.15, 0.2) is 48.5 Å². The smallest absolute Gasteiger partial charge is 0.316 e. The zero-order valence-electron chi connectivity index (χ0n) is 10.0. The van der Waals surface area contributed by atoms with Crippen LogP contribution < -0.4 is 15.8 Å². The van der Waals surface area contributed by atoms with Gasteiger partial charge in [-0.25, -0.2) is 4.79 Å². The fourth-order valence-corrected chi connectivity index (χ4v) is 1.60. The molecule has 4 nitrogen and oxygen atoms in total. The number of benzene rings is 2. The van der Waals surface area contributed by atoms with Gasteiger partial charge in [0.25, 0.3) is 0 Å². The van der Waals surface area contributed by atoms with Gasteiger partial charge in [-0.3, -0.25) is 0 Å². The van der Waals surface area contributed by atoms with Crippen LogP contribution in [-0.4, -0.2) is 6.03 Å². The maximum absolute atomic E-state index is 10.7. The molecule has 0 aliphatic heterocycles. The number of nitrogens with two attached hydrogens (primary N) is 1. The number of urea groups is 1. The minimum atomic E-state index is -0.578. The van der Waals surface area contributed by atoms with Crippen LogP contribution in [0.2, 0.25) is 0 Å². The van der Waals surface area contributed by atoms with Gasteiger partial charge in [-0.2, -0.15) is 0 Å². The summed E-state index contributed by atoms with van der Waals surface area (Å²) < 4.78 is 5.73. The number of carbonyl (C=O) groups is 1. The van der Waals surface area contributed by atoms with E-state index in [0.717, 1.165) is 17.1 Å². The summed E-state index contributed by atoms with van der Waals surface area (Å²) in [5.74, 6) is 1.52. The number of amides is 2. The van der Waals surface area contributed by atoms with Crippen molar-refractivity contribution in [1.29, 1.82) is 0 Å². The summed E-state index contributed by atoms with van der Waals surface area (Å²) in [6.45, 7) is 1.91. The Bertz CT molecular complexity index is 553. The van der Waals surface area contributed by atoms with E-state index in [2.05, 4.69) is 5.32 Å². The molecule has 0 saturated heterocycles. The maximum Gasteiger partial charge on any atom is 0.316 e. The van der Waals surface area contributed by atoms with Crippen LogP contribution in [-0.2, 0) is 0 Å². The van der Waals surface area contributed by atoms with Crippen molar-refractivity contribution in [3.05, 3.63) is 54.1 Å². The van der Waals surface area contributed by atoms with Gasteiger partial charge in [0.1, 0.15) is 11.5 Å². The topological polar surface area (TPSA) is 64.3 Å². The van der Waals surface area contributed by atoms with Crippen LogP contribution in [0.1, 0.15) is 5.56 Å². The number of primary amides is 1. The molecule has 0 spiro atoms. The number of aryl methyl sites for hydroxylation is 1. The van der Waals surface area contributed by atoms with Crippen molar-refractivity contribution in [2.45, 2.75) is 6.92 Å². The molecule has 4 heteroatoms. The normalized spacial score (nSPS) is 9.83. The van der Waals surface area contributed by atoms with E-state index < -0.39 is 6.03 Å². The van der Waals surface area contributed by atoms with Gasteiger partial charge in [-0.15, -0.1) is 0 Å². The predicted octanol–water partition coefficient (Wildman–Crippen LogP) is 3.28. The van der Waals surface area contributed by atoms with E-state index in [1.807, 2.05) is 43.3 Å². The second-order valence-electron chi connectivity index (χ2n) is 3.88. The van der Waals surface area contributed by atoms with E-state index in [1.54, 1.807) is 12.1 Å². The molecule has 0 fully saturated rings. The first-order valence-corrected chi connectivity index (χ1v) is 5.55. The molecule has 0 saturated carbocycles. The number of anilines is 1. The Morgan fingerprint density at radius 3 is 2.50 bits per heavy atom. The third kappa shape index (κ3) is 3.01. The molecule has 2 amide bonds. The molecule has 0 unspecified atom stereocenters. The Kier molecular flexibility index (Phi) is 3.48. The quantitative estimate of drug-likeness (QED) is 0.867. The summed E-state index contributed by atoms with van der Waals surface area (Å²) in [6, 6.07) is 14.3. The van der Waals surface area contributed by atoms with E-state index in [-0.39, 0.29) is 0 Å². The molecule has 3 N–H and O–H groups in total. The molecule has 2 rings (SSSR count). The van der Waals surface area contributed by atoms with Gasteiger partial charge in [-0.1, -0.05) is 18.2 Å². The number of carbonyl (C=O) groups excluding carboxylic acids is 1. The van der Waals surface area contributed by atoms with E-state index in [0.29, 0.717) is 5.69 Å². The second-order valence-corrected chi connectivity index (χ2v) is 3.88. The van der Waals surface area contributed by atoms with Crippen molar-refractivity contribution >= 4 is 11.7 Å². The van der Waals surface area contributed by atoms with Crippen molar-refractivity contribution in [2.24, 2.45) is 5.73 Å². The standard InChI is InChI=1S/C14H14N2O2/c1-10-9-11(16-14(15)17)7-8-13(10)18-12-5-3-2-4-6-12/h2-9H,1H3,(H3,15,16,17). The zero-order valence-corrected chi connectivity index (χ0v) is 10.0. The predicted molar refractivity (Wildman–Crippen MR) is 70.9 cm³/mol. The summed E-state index contributed by atoms with van der Waals surface area (Å²) >= 11 is 0. The first kappa shape index (κ1) is 12.0. The van der Waals surface area contributed by atoms with Gasteiger partial charge in [0.05, 0.1) is 0 Å². The number of hydrogen-bond acceptors (Lipinski definition) is 2. The van der Waals surface area contributed by atoms with Gasteiger partial charge < -0.3 is 15.8 Å². The highest BCUT2D eigenvalue weighted by molar-refractivity contribution is 5.88. The fourth-order valence-electron chi connectivity index (χ4n) is 1.60. The second kappa shape index (κ2) is 5.23. The fraction of sp³-hybridized carbons (Fsp3) is 0.0714. The lowest BCUT2D eigenvalue weighted by Gasteiger charge is -2.10. The SMILES string of the molecule is Cc1cc(NC(N)=O)ccc1Oc1ccccc1. The lowest BCUT2D eigenvalue weighted by molar-refractivity contribution is 0.259. The molecule has 0 heterocycles. The van der Waals surface area contributed by atoms with Crippen LogP contribution in [0.3, 0.4) is 0 Å². The third-order valence-electron chi connectivity index (χ3n) is 2.41. The Hall–Kier alpha value is -2.49. The van der Waals surface area contributed by atoms with Gasteiger partial charge in [0.15, 0.2) is 0 Å². The third-order valence-corrected chi connectivity index (χ3v) is 2.41. The van der Waals surface area contributed by atoms with Crippen LogP contribution in [0.25, 0.3) is 0 Å². The Labute approximate surface area is 105 Å². The summed E-state index contributed by atoms with van der Waals surface area (Å²) in [7, 11) is 0. The molecule has 2 aromatic rings. The van der Waals surface area contributed by atoms with Gasteiger partial charge in [0.2, 0.25) is 0 Å². The summed E-state index contributed by atoms with van der Waals surface area (Å²) in [5, 5.41) is 2.52. The lowest BCUT2D eigenvalue weighted by Crippen LogP contribution is -2.19. The first-order chi connectivity index (χ1) is 8.65. The Balaban J connectivity index is 2.17. The van der Waals surface area contributed by atoms with Crippen molar-refractivity contribution < 1.29 is 9.53 Å². The number of nitrogens with one attached hydrogen (secondary N) is 1. The number of rotatable bonds is 3. The minimum absolute atomic E-state index is 0.578. The van der Waals surface area contributed by atoms with Gasteiger partial charge in [-0.05, 0) is 42.8 Å². The Morgan fingerprint density at radius 2 is 1.89 bits per heavy atom. The first-order valence-electron chi connectivity index (χ1n) is 5.55.